The number of carboxylic acids is 1. The Morgan fingerprint density at radius 2 is 1.90 bits per heavy atom. The smallest absolute Gasteiger partial charge is 0.358 e. The monoisotopic (exact) mass is 314 g/mol. The third-order valence-corrected chi connectivity index (χ3v) is 3.93. The lowest BCUT2D eigenvalue weighted by atomic mass is 10.4. The predicted molar refractivity (Wildman–Crippen MR) is 69.0 cm³/mol. The number of nitrogens with one attached hydrogen (secondary N) is 1. The minimum absolute atomic E-state index is 0.235. The number of hydrogen-bond donors (Lipinski definition) is 2. The van der Waals surface area contributed by atoms with Gasteiger partial charge in [-0.05, 0) is 12.1 Å². The number of halogens is 1. The number of carbonyl (C=O) groups is 1. The fourth-order valence-corrected chi connectivity index (χ4v) is 2.79. The lowest BCUT2D eigenvalue weighted by Gasteiger charge is -2.09. The van der Waals surface area contributed by atoms with Crippen LogP contribution in [0.25, 0.3) is 0 Å². The van der Waals surface area contributed by atoms with Crippen molar-refractivity contribution in [2.24, 2.45) is 0 Å². The van der Waals surface area contributed by atoms with Crippen LogP contribution in [0.5, 0.6) is 0 Å². The molecule has 0 aliphatic rings. The average Bonchev–Trinajstić information content (AvgIpc) is 2.39. The molecule has 0 amide bonds. The van der Waals surface area contributed by atoms with Gasteiger partial charge in [-0.25, -0.2) is 28.2 Å². The van der Waals surface area contributed by atoms with Gasteiger partial charge in [0.15, 0.2) is 11.5 Å². The lowest BCUT2D eigenvalue weighted by Crippen LogP contribution is -2.18. The molecule has 0 atom stereocenters. The Bertz CT molecular complexity index is 765. The molecular formula is C10H7ClN4O4S. The number of aromatic nitrogens is 3. The fourth-order valence-electron chi connectivity index (χ4n) is 1.32. The predicted octanol–water partition coefficient (Wildman–Crippen LogP) is 1.02. The van der Waals surface area contributed by atoms with Crippen molar-refractivity contribution in [2.75, 3.05) is 4.72 Å². The van der Waals surface area contributed by atoms with Crippen molar-refractivity contribution in [1.82, 2.24) is 15.0 Å². The summed E-state index contributed by atoms with van der Waals surface area (Å²) in [5, 5.41) is 8.68. The molecule has 8 nitrogen and oxygen atoms in total. The highest BCUT2D eigenvalue weighted by Gasteiger charge is 2.22. The molecule has 0 spiro atoms. The molecule has 0 aromatic carbocycles. The van der Waals surface area contributed by atoms with Crippen LogP contribution in [0.15, 0.2) is 35.6 Å². The van der Waals surface area contributed by atoms with E-state index in [2.05, 4.69) is 15.0 Å². The quantitative estimate of drug-likeness (QED) is 0.808. The highest BCUT2D eigenvalue weighted by molar-refractivity contribution is 7.92. The third kappa shape index (κ3) is 2.83. The molecule has 0 aliphatic heterocycles. The zero-order chi connectivity index (χ0) is 14.8. The largest absolute Gasteiger partial charge is 0.476 e. The molecule has 0 aliphatic carbocycles. The standard InChI is InChI=1S/C10H7ClN4O4S/c11-8-6(2-1-3-13-8)20(18,19)15-9-7(10(16)17)12-4-5-14-9/h1-5H,(H,14,15)(H,16,17). The van der Waals surface area contributed by atoms with E-state index in [1.807, 2.05) is 4.72 Å². The summed E-state index contributed by atoms with van der Waals surface area (Å²) in [4.78, 5) is 21.5. The zero-order valence-electron chi connectivity index (χ0n) is 9.69. The first-order valence-corrected chi connectivity index (χ1v) is 6.95. The Morgan fingerprint density at radius 3 is 2.55 bits per heavy atom. The fraction of sp³-hybridized carbons (Fsp3) is 0. The van der Waals surface area contributed by atoms with Crippen molar-refractivity contribution < 1.29 is 18.3 Å². The summed E-state index contributed by atoms with van der Waals surface area (Å²) in [7, 11) is -4.11. The van der Waals surface area contributed by atoms with Gasteiger partial charge in [0.2, 0.25) is 0 Å². The Hall–Kier alpha value is -2.26. The van der Waals surface area contributed by atoms with Crippen LogP contribution in [0.3, 0.4) is 0 Å². The van der Waals surface area contributed by atoms with E-state index < -0.39 is 27.5 Å². The Morgan fingerprint density at radius 1 is 1.20 bits per heavy atom. The Balaban J connectivity index is 2.45. The van der Waals surface area contributed by atoms with Crippen molar-refractivity contribution in [3.63, 3.8) is 0 Å². The van der Waals surface area contributed by atoms with Gasteiger partial charge >= 0.3 is 5.97 Å². The second kappa shape index (κ2) is 5.39. The molecule has 0 radical (unpaired) electrons. The SMILES string of the molecule is O=C(O)c1nccnc1NS(=O)(=O)c1cccnc1Cl. The summed E-state index contributed by atoms with van der Waals surface area (Å²) in [6, 6.07) is 2.61. The molecule has 10 heteroatoms. The van der Waals surface area contributed by atoms with E-state index in [-0.39, 0.29) is 10.0 Å². The summed E-state index contributed by atoms with van der Waals surface area (Å²) in [6.45, 7) is 0. The maximum atomic E-state index is 12.1. The van der Waals surface area contributed by atoms with Gasteiger partial charge in [0.25, 0.3) is 10.0 Å². The molecule has 2 N–H and O–H groups in total. The molecular weight excluding hydrogens is 308 g/mol. The first-order chi connectivity index (χ1) is 9.42. The highest BCUT2D eigenvalue weighted by Crippen LogP contribution is 2.21. The lowest BCUT2D eigenvalue weighted by molar-refractivity contribution is 0.0691. The minimum Gasteiger partial charge on any atom is -0.476 e. The van der Waals surface area contributed by atoms with Gasteiger partial charge in [-0.2, -0.15) is 0 Å². The first kappa shape index (κ1) is 14.2. The Kier molecular flexibility index (Phi) is 3.81. The summed E-state index contributed by atoms with van der Waals surface area (Å²) in [5.74, 6) is -1.81. The van der Waals surface area contributed by atoms with E-state index in [1.54, 1.807) is 0 Å². The third-order valence-electron chi connectivity index (χ3n) is 2.15. The van der Waals surface area contributed by atoms with Gasteiger partial charge in [0.1, 0.15) is 10.0 Å². The van der Waals surface area contributed by atoms with E-state index in [9.17, 15) is 13.2 Å². The van der Waals surface area contributed by atoms with Gasteiger partial charge in [0, 0.05) is 18.6 Å². The average molecular weight is 315 g/mol. The van der Waals surface area contributed by atoms with Crippen LogP contribution < -0.4 is 4.72 Å². The molecule has 2 aromatic rings. The number of aromatic carboxylic acids is 1. The van der Waals surface area contributed by atoms with Gasteiger partial charge in [-0.1, -0.05) is 11.6 Å². The molecule has 2 rings (SSSR count). The molecule has 0 fully saturated rings. The van der Waals surface area contributed by atoms with Crippen LogP contribution in [0.4, 0.5) is 5.82 Å². The molecule has 2 heterocycles. The summed E-state index contributed by atoms with van der Waals surface area (Å²) < 4.78 is 26.2. The van der Waals surface area contributed by atoms with Crippen LogP contribution in [0.2, 0.25) is 5.15 Å². The van der Waals surface area contributed by atoms with Crippen LogP contribution in [-0.2, 0) is 10.0 Å². The minimum atomic E-state index is -4.11. The second-order valence-electron chi connectivity index (χ2n) is 3.46. The normalized spacial score (nSPS) is 11.1. The number of pyridine rings is 1. The molecule has 104 valence electrons. The van der Waals surface area contributed by atoms with Crippen LogP contribution in [-0.4, -0.2) is 34.4 Å². The van der Waals surface area contributed by atoms with Crippen LogP contribution in [0.1, 0.15) is 10.5 Å². The number of hydrogen-bond acceptors (Lipinski definition) is 6. The van der Waals surface area contributed by atoms with E-state index in [0.29, 0.717) is 0 Å². The van der Waals surface area contributed by atoms with Crippen molar-refractivity contribution in [2.45, 2.75) is 4.90 Å². The van der Waals surface area contributed by atoms with Gasteiger partial charge in [-0.15, -0.1) is 0 Å². The van der Waals surface area contributed by atoms with Gasteiger partial charge in [-0.3, -0.25) is 4.72 Å². The summed E-state index contributed by atoms with van der Waals surface area (Å²) in [5.41, 5.74) is -0.518. The van der Waals surface area contributed by atoms with E-state index in [0.717, 1.165) is 12.4 Å². The van der Waals surface area contributed by atoms with Crippen LogP contribution >= 0.6 is 11.6 Å². The number of carboxylic acid groups (broad SMARTS) is 1. The number of anilines is 1. The molecule has 0 unspecified atom stereocenters. The molecule has 20 heavy (non-hydrogen) atoms. The van der Waals surface area contributed by atoms with Crippen molar-refractivity contribution in [1.29, 1.82) is 0 Å². The topological polar surface area (TPSA) is 122 Å². The molecule has 2 aromatic heterocycles. The van der Waals surface area contributed by atoms with Crippen molar-refractivity contribution in [3.05, 3.63) is 41.6 Å². The van der Waals surface area contributed by atoms with Gasteiger partial charge in [0.05, 0.1) is 0 Å². The second-order valence-corrected chi connectivity index (χ2v) is 5.47. The number of rotatable bonds is 4. The first-order valence-electron chi connectivity index (χ1n) is 5.09. The molecule has 0 saturated heterocycles. The Labute approximate surface area is 118 Å². The van der Waals surface area contributed by atoms with E-state index in [1.165, 1.54) is 18.3 Å². The van der Waals surface area contributed by atoms with E-state index >= 15 is 0 Å². The van der Waals surface area contributed by atoms with Crippen LogP contribution in [0, 0.1) is 0 Å². The molecule has 0 bridgehead atoms. The summed E-state index contributed by atoms with van der Waals surface area (Å²) >= 11 is 5.69. The summed E-state index contributed by atoms with van der Waals surface area (Å²) in [6.07, 6.45) is 3.62. The number of sulfonamides is 1. The van der Waals surface area contributed by atoms with Gasteiger partial charge < -0.3 is 5.11 Å². The maximum Gasteiger partial charge on any atom is 0.358 e. The molecule has 0 saturated carbocycles. The van der Waals surface area contributed by atoms with E-state index in [4.69, 9.17) is 16.7 Å². The number of nitrogens with zero attached hydrogens (tertiary/aromatic N) is 3. The zero-order valence-corrected chi connectivity index (χ0v) is 11.3. The van der Waals surface area contributed by atoms with Crippen molar-refractivity contribution >= 4 is 33.4 Å². The van der Waals surface area contributed by atoms with Crippen molar-refractivity contribution in [3.8, 4) is 0 Å². The maximum absolute atomic E-state index is 12.1. The highest BCUT2D eigenvalue weighted by atomic mass is 35.5.